The molecule has 0 fully saturated rings. The van der Waals surface area contributed by atoms with E-state index in [1.54, 1.807) is 50.2 Å². The summed E-state index contributed by atoms with van der Waals surface area (Å²) >= 11 is 0. The zero-order valence-electron chi connectivity index (χ0n) is 23.4. The lowest BCUT2D eigenvalue weighted by Crippen LogP contribution is -2.35. The molecule has 0 amide bonds. The molecule has 0 aliphatic heterocycles. The van der Waals surface area contributed by atoms with Gasteiger partial charge in [0.25, 0.3) is 15.7 Å². The number of hydrogen-bond acceptors (Lipinski definition) is 10. The van der Waals surface area contributed by atoms with Gasteiger partial charge in [-0.3, -0.25) is 13.5 Å². The third kappa shape index (κ3) is 6.81. The Morgan fingerprint density at radius 3 is 1.93 bits per heavy atom. The number of para-hydroxylation sites is 1. The van der Waals surface area contributed by atoms with Crippen LogP contribution in [0.2, 0.25) is 0 Å². The number of ether oxygens (including phenoxy) is 1. The van der Waals surface area contributed by atoms with Gasteiger partial charge in [-0.1, -0.05) is 12.1 Å². The standard InChI is InChI=1S/C27H29N3O9S3/c1-18-16-20(17-19(2)25(18)38-14-15-39-42(5,36)37)26-28-24-9-7-6-8-23(24)27(31)29(26)21-10-12-22(13-11-21)30(40(3,32)33)41(4,34)35/h6-13,16-17H,14-15H2,1-5H3. The van der Waals surface area contributed by atoms with Crippen LogP contribution in [0, 0.1) is 13.8 Å². The molecule has 0 bridgehead atoms. The van der Waals surface area contributed by atoms with Gasteiger partial charge in [-0.25, -0.2) is 21.8 Å². The lowest BCUT2D eigenvalue weighted by Gasteiger charge is -2.21. The number of benzene rings is 3. The van der Waals surface area contributed by atoms with Crippen molar-refractivity contribution in [3.63, 3.8) is 0 Å². The smallest absolute Gasteiger partial charge is 0.266 e. The van der Waals surface area contributed by atoms with E-state index >= 15 is 0 Å². The average Bonchev–Trinajstić information content (AvgIpc) is 2.86. The summed E-state index contributed by atoms with van der Waals surface area (Å²) in [5.74, 6) is 0.809. The van der Waals surface area contributed by atoms with Crippen molar-refractivity contribution in [1.29, 1.82) is 0 Å². The van der Waals surface area contributed by atoms with Gasteiger partial charge in [0, 0.05) is 5.56 Å². The molecule has 42 heavy (non-hydrogen) atoms. The third-order valence-corrected chi connectivity index (χ3v) is 9.89. The van der Waals surface area contributed by atoms with Gasteiger partial charge in [-0.2, -0.15) is 12.1 Å². The fourth-order valence-electron chi connectivity index (χ4n) is 4.55. The molecule has 0 atom stereocenters. The van der Waals surface area contributed by atoms with E-state index in [9.17, 15) is 30.0 Å². The van der Waals surface area contributed by atoms with E-state index in [-0.39, 0.29) is 30.3 Å². The second-order valence-electron chi connectivity index (χ2n) is 9.65. The van der Waals surface area contributed by atoms with Gasteiger partial charge in [0.1, 0.15) is 24.8 Å². The van der Waals surface area contributed by atoms with Crippen molar-refractivity contribution in [2.24, 2.45) is 0 Å². The van der Waals surface area contributed by atoms with Crippen LogP contribution >= 0.6 is 0 Å². The Kier molecular flexibility index (Phi) is 8.51. The molecule has 1 heterocycles. The third-order valence-electron chi connectivity index (χ3n) is 6.04. The molecule has 0 aliphatic carbocycles. The number of hydrogen-bond donors (Lipinski definition) is 0. The maximum atomic E-state index is 13.8. The van der Waals surface area contributed by atoms with Crippen LogP contribution in [0.1, 0.15) is 11.1 Å². The molecule has 4 aromatic rings. The molecule has 1 aromatic heterocycles. The molecule has 3 aromatic carbocycles. The Labute approximate surface area is 244 Å². The maximum absolute atomic E-state index is 13.8. The highest BCUT2D eigenvalue weighted by atomic mass is 32.3. The highest BCUT2D eigenvalue weighted by molar-refractivity contribution is 8.09. The van der Waals surface area contributed by atoms with Gasteiger partial charge < -0.3 is 4.74 Å². The first-order chi connectivity index (χ1) is 19.5. The Bertz CT molecular complexity index is 2000. The van der Waals surface area contributed by atoms with Gasteiger partial charge in [0.15, 0.2) is 0 Å². The molecule has 0 saturated heterocycles. The van der Waals surface area contributed by atoms with Crippen molar-refractivity contribution in [1.82, 2.24) is 9.55 Å². The molecule has 15 heteroatoms. The average molecular weight is 636 g/mol. The van der Waals surface area contributed by atoms with Crippen molar-refractivity contribution < 1.29 is 34.2 Å². The quantitative estimate of drug-likeness (QED) is 0.187. The highest BCUT2D eigenvalue weighted by Gasteiger charge is 2.27. The number of aryl methyl sites for hydroxylation is 2. The minimum Gasteiger partial charge on any atom is -0.491 e. The highest BCUT2D eigenvalue weighted by Crippen LogP contribution is 2.31. The van der Waals surface area contributed by atoms with Crippen molar-refractivity contribution in [3.05, 3.63) is 82.1 Å². The van der Waals surface area contributed by atoms with E-state index in [1.807, 2.05) is 0 Å². The Morgan fingerprint density at radius 1 is 0.810 bits per heavy atom. The number of nitrogens with zero attached hydrogens (tertiary/aromatic N) is 3. The summed E-state index contributed by atoms with van der Waals surface area (Å²) in [7, 11) is -11.9. The molecule has 0 unspecified atom stereocenters. The Hall–Kier alpha value is -3.79. The first-order valence-corrected chi connectivity index (χ1v) is 17.9. The predicted molar refractivity (Wildman–Crippen MR) is 161 cm³/mol. The molecule has 0 saturated carbocycles. The summed E-state index contributed by atoms with van der Waals surface area (Å²) in [4.78, 5) is 18.6. The van der Waals surface area contributed by atoms with Gasteiger partial charge in [-0.05, 0) is 73.5 Å². The number of aromatic nitrogens is 2. The molecule has 0 spiro atoms. The number of rotatable bonds is 10. The van der Waals surface area contributed by atoms with Crippen LogP contribution in [0.5, 0.6) is 5.75 Å². The summed E-state index contributed by atoms with van der Waals surface area (Å²) in [6.45, 7) is 3.44. The monoisotopic (exact) mass is 635 g/mol. The Morgan fingerprint density at radius 2 is 1.38 bits per heavy atom. The van der Waals surface area contributed by atoms with Crippen LogP contribution in [0.4, 0.5) is 5.69 Å². The van der Waals surface area contributed by atoms with Crippen molar-refractivity contribution in [2.45, 2.75) is 13.8 Å². The zero-order valence-corrected chi connectivity index (χ0v) is 25.9. The van der Waals surface area contributed by atoms with Gasteiger partial charge in [0.2, 0.25) is 20.0 Å². The fraction of sp³-hybridized carbons (Fsp3) is 0.259. The molecule has 0 radical (unpaired) electrons. The van der Waals surface area contributed by atoms with Crippen LogP contribution in [0.25, 0.3) is 28.0 Å². The minimum absolute atomic E-state index is 0.00262. The second-order valence-corrected chi connectivity index (χ2v) is 15.2. The van der Waals surface area contributed by atoms with Crippen molar-refractivity contribution >= 4 is 46.8 Å². The lowest BCUT2D eigenvalue weighted by atomic mass is 10.0. The van der Waals surface area contributed by atoms with Crippen molar-refractivity contribution in [2.75, 3.05) is 35.7 Å². The first kappa shape index (κ1) is 31.2. The van der Waals surface area contributed by atoms with Gasteiger partial charge in [-0.15, -0.1) is 0 Å². The van der Waals surface area contributed by atoms with Gasteiger partial charge in [0.05, 0.1) is 41.0 Å². The molecule has 4 rings (SSSR count). The van der Waals surface area contributed by atoms with Crippen LogP contribution in [0.15, 0.2) is 65.5 Å². The molecule has 12 nitrogen and oxygen atoms in total. The second kappa shape index (κ2) is 11.5. The summed E-state index contributed by atoms with van der Waals surface area (Å²) in [5.41, 5.74) is 2.26. The molecule has 224 valence electrons. The zero-order chi connectivity index (χ0) is 31.0. The molecule has 0 N–H and O–H groups in total. The van der Waals surface area contributed by atoms with Gasteiger partial charge >= 0.3 is 0 Å². The SMILES string of the molecule is Cc1cc(-c2nc3ccccc3c(=O)n2-c2ccc(N(S(C)(=O)=O)S(C)(=O)=O)cc2)cc(C)c1OCCOS(C)(=O)=O. The first-order valence-electron chi connectivity index (χ1n) is 12.4. The fourth-order valence-corrected chi connectivity index (χ4v) is 7.90. The van der Waals surface area contributed by atoms with Crippen LogP contribution < -0.4 is 14.0 Å². The summed E-state index contributed by atoms with van der Waals surface area (Å²) < 4.78 is 83.5. The topological polar surface area (TPSA) is 159 Å². The van der Waals surface area contributed by atoms with E-state index in [0.29, 0.717) is 42.7 Å². The summed E-state index contributed by atoms with van der Waals surface area (Å²) in [6, 6.07) is 15.9. The van der Waals surface area contributed by atoms with Crippen molar-refractivity contribution in [3.8, 4) is 22.8 Å². The van der Waals surface area contributed by atoms with Crippen LogP contribution in [-0.4, -0.2) is 66.8 Å². The van der Waals surface area contributed by atoms with E-state index in [2.05, 4.69) is 0 Å². The maximum Gasteiger partial charge on any atom is 0.266 e. The van der Waals surface area contributed by atoms with E-state index < -0.39 is 30.2 Å². The van der Waals surface area contributed by atoms with Crippen LogP contribution in [0.3, 0.4) is 0 Å². The summed E-state index contributed by atoms with van der Waals surface area (Å²) in [6.07, 6.45) is 2.53. The minimum atomic E-state index is -4.16. The van der Waals surface area contributed by atoms with E-state index in [4.69, 9.17) is 13.9 Å². The molecular weight excluding hydrogens is 607 g/mol. The lowest BCUT2D eigenvalue weighted by molar-refractivity contribution is 0.220. The number of sulfonamides is 2. The molecular formula is C27H29N3O9S3. The predicted octanol–water partition coefficient (Wildman–Crippen LogP) is 2.75. The summed E-state index contributed by atoms with van der Waals surface area (Å²) in [5, 5.41) is 0.346. The van der Waals surface area contributed by atoms with E-state index in [1.165, 1.54) is 28.8 Å². The number of anilines is 1. The Balaban J connectivity index is 1.84. The number of fused-ring (bicyclic) bond motifs is 1. The van der Waals surface area contributed by atoms with Crippen LogP contribution in [-0.2, 0) is 34.3 Å². The van der Waals surface area contributed by atoms with E-state index in [0.717, 1.165) is 18.8 Å². The normalized spacial score (nSPS) is 12.4. The largest absolute Gasteiger partial charge is 0.491 e. The molecule has 0 aliphatic rings.